The highest BCUT2D eigenvalue weighted by atomic mass is 16.5. The summed E-state index contributed by atoms with van der Waals surface area (Å²) >= 11 is 0. The Kier molecular flexibility index (Phi) is 4.94. The second-order valence-electron chi connectivity index (χ2n) is 7.94. The van der Waals surface area contributed by atoms with E-state index in [9.17, 15) is 4.79 Å². The van der Waals surface area contributed by atoms with Crippen LogP contribution in [0.25, 0.3) is 10.8 Å². The van der Waals surface area contributed by atoms with Crippen molar-refractivity contribution < 1.29 is 18.5 Å². The zero-order valence-corrected chi connectivity index (χ0v) is 17.3. The number of amides is 1. The first kappa shape index (κ1) is 19.4. The Morgan fingerprint density at radius 1 is 1.10 bits per heavy atom. The summed E-state index contributed by atoms with van der Waals surface area (Å²) in [6.07, 6.45) is 3.54. The van der Waals surface area contributed by atoms with Gasteiger partial charge in [0.2, 0.25) is 5.89 Å². The number of carbonyl (C=O) groups is 1. The first-order valence-electron chi connectivity index (χ1n) is 10.4. The van der Waals surface area contributed by atoms with E-state index in [4.69, 9.17) is 13.7 Å². The molecule has 1 aliphatic rings. The number of hydrogen-bond acceptors (Lipinski definition) is 6. The first-order valence-corrected chi connectivity index (χ1v) is 10.4. The molecule has 0 aliphatic heterocycles. The lowest BCUT2D eigenvalue weighted by Gasteiger charge is -2.26. The standard InChI is InChI=1S/C24H23N3O4/c1-16-25-23(27-31-16)24(12-4-5-13-24)26-22(28)21-11-10-20(30-21)15-29-19-9-8-17-6-2-3-7-18(17)14-19/h2-3,6-11,14H,4-5,12-13,15H2,1H3,(H,26,28). The normalized spacial score (nSPS) is 15.3. The third-order valence-corrected chi connectivity index (χ3v) is 5.75. The molecule has 0 spiro atoms. The molecule has 0 bridgehead atoms. The van der Waals surface area contributed by atoms with Gasteiger partial charge < -0.3 is 19.0 Å². The zero-order valence-electron chi connectivity index (χ0n) is 17.3. The maximum atomic E-state index is 12.9. The van der Waals surface area contributed by atoms with E-state index < -0.39 is 5.54 Å². The van der Waals surface area contributed by atoms with Gasteiger partial charge in [-0.05, 0) is 47.9 Å². The summed E-state index contributed by atoms with van der Waals surface area (Å²) in [4.78, 5) is 17.2. The Bertz CT molecular complexity index is 1220. The summed E-state index contributed by atoms with van der Waals surface area (Å²) in [5.41, 5.74) is -0.608. The van der Waals surface area contributed by atoms with Crippen molar-refractivity contribution in [2.24, 2.45) is 0 Å². The Balaban J connectivity index is 1.26. The number of fused-ring (bicyclic) bond motifs is 1. The molecule has 0 radical (unpaired) electrons. The number of nitrogens with zero attached hydrogens (tertiary/aromatic N) is 2. The molecule has 2 heterocycles. The van der Waals surface area contributed by atoms with Crippen LogP contribution in [0.5, 0.6) is 5.75 Å². The van der Waals surface area contributed by atoms with Gasteiger partial charge in [-0.1, -0.05) is 48.3 Å². The van der Waals surface area contributed by atoms with Crippen LogP contribution in [0, 0.1) is 6.92 Å². The molecule has 0 unspecified atom stereocenters. The number of hydrogen-bond donors (Lipinski definition) is 1. The lowest BCUT2D eigenvalue weighted by molar-refractivity contribution is 0.0859. The van der Waals surface area contributed by atoms with E-state index in [0.717, 1.165) is 42.2 Å². The van der Waals surface area contributed by atoms with Crippen molar-refractivity contribution in [1.29, 1.82) is 0 Å². The molecule has 7 heteroatoms. The van der Waals surface area contributed by atoms with Crippen LogP contribution < -0.4 is 10.1 Å². The second-order valence-corrected chi connectivity index (χ2v) is 7.94. The van der Waals surface area contributed by atoms with Crippen LogP contribution in [-0.4, -0.2) is 16.0 Å². The van der Waals surface area contributed by atoms with Crippen LogP contribution in [0.1, 0.15) is 53.7 Å². The van der Waals surface area contributed by atoms with E-state index in [0.29, 0.717) is 17.5 Å². The minimum Gasteiger partial charge on any atom is -0.486 e. The predicted molar refractivity (Wildman–Crippen MR) is 114 cm³/mol. The summed E-state index contributed by atoms with van der Waals surface area (Å²) in [5, 5.41) is 9.41. The van der Waals surface area contributed by atoms with Gasteiger partial charge in [-0.3, -0.25) is 4.79 Å². The van der Waals surface area contributed by atoms with Crippen molar-refractivity contribution in [3.8, 4) is 5.75 Å². The van der Waals surface area contributed by atoms with Crippen molar-refractivity contribution >= 4 is 16.7 Å². The monoisotopic (exact) mass is 417 g/mol. The van der Waals surface area contributed by atoms with Crippen molar-refractivity contribution in [1.82, 2.24) is 15.5 Å². The van der Waals surface area contributed by atoms with Crippen LogP contribution in [0.2, 0.25) is 0 Å². The van der Waals surface area contributed by atoms with Gasteiger partial charge in [-0.25, -0.2) is 0 Å². The van der Waals surface area contributed by atoms with Crippen LogP contribution in [0.4, 0.5) is 0 Å². The summed E-state index contributed by atoms with van der Waals surface area (Å²) in [6, 6.07) is 17.5. The fourth-order valence-electron chi connectivity index (χ4n) is 4.14. The molecule has 2 aromatic carbocycles. The van der Waals surface area contributed by atoms with Crippen LogP contribution in [0.15, 0.2) is 63.5 Å². The number of aromatic nitrogens is 2. The molecule has 158 valence electrons. The topological polar surface area (TPSA) is 90.4 Å². The Hall–Kier alpha value is -3.61. The van der Waals surface area contributed by atoms with Gasteiger partial charge in [-0.2, -0.15) is 4.98 Å². The third-order valence-electron chi connectivity index (χ3n) is 5.75. The molecule has 2 aromatic heterocycles. The number of nitrogens with one attached hydrogen (secondary N) is 1. The molecule has 1 amide bonds. The van der Waals surface area contributed by atoms with E-state index in [1.807, 2.05) is 36.4 Å². The number of benzene rings is 2. The molecular weight excluding hydrogens is 394 g/mol. The van der Waals surface area contributed by atoms with Gasteiger partial charge in [0.1, 0.15) is 23.7 Å². The maximum Gasteiger partial charge on any atom is 0.287 e. The SMILES string of the molecule is Cc1nc(C2(NC(=O)c3ccc(COc4ccc5ccccc5c4)o3)CCCC2)no1. The molecule has 1 aliphatic carbocycles. The third kappa shape index (κ3) is 3.91. The van der Waals surface area contributed by atoms with Gasteiger partial charge in [0.25, 0.3) is 5.91 Å². The fourth-order valence-corrected chi connectivity index (χ4v) is 4.14. The first-order chi connectivity index (χ1) is 15.1. The lowest BCUT2D eigenvalue weighted by Crippen LogP contribution is -2.44. The number of furan rings is 1. The Morgan fingerprint density at radius 3 is 2.68 bits per heavy atom. The highest BCUT2D eigenvalue weighted by Crippen LogP contribution is 2.37. The van der Waals surface area contributed by atoms with E-state index in [-0.39, 0.29) is 18.3 Å². The minimum atomic E-state index is -0.608. The van der Waals surface area contributed by atoms with E-state index >= 15 is 0 Å². The second kappa shape index (κ2) is 7.91. The van der Waals surface area contributed by atoms with Crippen LogP contribution in [-0.2, 0) is 12.1 Å². The van der Waals surface area contributed by atoms with E-state index in [2.05, 4.69) is 21.5 Å². The minimum absolute atomic E-state index is 0.237. The van der Waals surface area contributed by atoms with Crippen molar-refractivity contribution in [3.05, 3.63) is 77.8 Å². The van der Waals surface area contributed by atoms with Gasteiger partial charge in [0.05, 0.1) is 0 Å². The lowest BCUT2D eigenvalue weighted by atomic mass is 9.96. The number of aryl methyl sites for hydroxylation is 1. The molecule has 7 nitrogen and oxygen atoms in total. The molecule has 31 heavy (non-hydrogen) atoms. The van der Waals surface area contributed by atoms with Crippen molar-refractivity contribution in [2.45, 2.75) is 44.8 Å². The summed E-state index contributed by atoms with van der Waals surface area (Å²) in [7, 11) is 0. The molecular formula is C24H23N3O4. The van der Waals surface area contributed by atoms with Gasteiger partial charge >= 0.3 is 0 Å². The highest BCUT2D eigenvalue weighted by molar-refractivity contribution is 5.92. The average molecular weight is 417 g/mol. The summed E-state index contributed by atoms with van der Waals surface area (Å²) < 4.78 is 16.8. The van der Waals surface area contributed by atoms with Gasteiger partial charge in [0.15, 0.2) is 11.6 Å². The molecule has 1 N–H and O–H groups in total. The Morgan fingerprint density at radius 2 is 1.90 bits per heavy atom. The number of rotatable bonds is 6. The number of ether oxygens (including phenoxy) is 1. The summed E-state index contributed by atoms with van der Waals surface area (Å²) in [6.45, 7) is 1.98. The smallest absolute Gasteiger partial charge is 0.287 e. The molecule has 0 saturated heterocycles. The highest BCUT2D eigenvalue weighted by Gasteiger charge is 2.41. The largest absolute Gasteiger partial charge is 0.486 e. The molecule has 0 atom stereocenters. The molecule has 5 rings (SSSR count). The quantitative estimate of drug-likeness (QED) is 0.480. The zero-order chi connectivity index (χ0) is 21.3. The number of carbonyl (C=O) groups excluding carboxylic acids is 1. The Labute approximate surface area is 179 Å². The van der Waals surface area contributed by atoms with Crippen molar-refractivity contribution in [3.63, 3.8) is 0 Å². The maximum absolute atomic E-state index is 12.9. The summed E-state index contributed by atoms with van der Waals surface area (Å²) in [5.74, 6) is 2.29. The van der Waals surface area contributed by atoms with Gasteiger partial charge in [-0.15, -0.1) is 0 Å². The average Bonchev–Trinajstić information content (AvgIpc) is 3.53. The molecule has 1 saturated carbocycles. The van der Waals surface area contributed by atoms with Crippen LogP contribution in [0.3, 0.4) is 0 Å². The van der Waals surface area contributed by atoms with E-state index in [1.165, 1.54) is 0 Å². The van der Waals surface area contributed by atoms with E-state index in [1.54, 1.807) is 19.1 Å². The van der Waals surface area contributed by atoms with Gasteiger partial charge in [0, 0.05) is 6.92 Å². The molecule has 4 aromatic rings. The predicted octanol–water partition coefficient (Wildman–Crippen LogP) is 4.90. The van der Waals surface area contributed by atoms with Crippen LogP contribution >= 0.6 is 0 Å². The fraction of sp³-hybridized carbons (Fsp3) is 0.292. The molecule has 1 fully saturated rings. The van der Waals surface area contributed by atoms with Crippen molar-refractivity contribution in [2.75, 3.05) is 0 Å².